The van der Waals surface area contributed by atoms with Gasteiger partial charge in [0, 0.05) is 31.7 Å². The van der Waals surface area contributed by atoms with E-state index < -0.39 is 0 Å². The third-order valence-electron chi connectivity index (χ3n) is 6.51. The number of piperazine rings is 1. The smallest absolute Gasteiger partial charge is 0.253 e. The molecule has 2 aliphatic rings. The predicted octanol–water partition coefficient (Wildman–Crippen LogP) is 4.75. The molecule has 0 spiro atoms. The van der Waals surface area contributed by atoms with E-state index in [-0.39, 0.29) is 5.91 Å². The van der Waals surface area contributed by atoms with Crippen LogP contribution in [0.5, 0.6) is 0 Å². The highest BCUT2D eigenvalue weighted by atomic mass is 32.1. The molecule has 5 rings (SSSR count). The lowest BCUT2D eigenvalue weighted by Crippen LogP contribution is -2.48. The van der Waals surface area contributed by atoms with Crippen molar-refractivity contribution >= 4 is 32.6 Å². The van der Waals surface area contributed by atoms with Gasteiger partial charge in [0.15, 0.2) is 5.13 Å². The SMILES string of the molecule is Cc1ccc2sc(N3CCN(C(=O)c4ccc5c(c4)CCCC5)CC3)nc2c1C. The summed E-state index contributed by atoms with van der Waals surface area (Å²) >= 11 is 1.76. The predicted molar refractivity (Wildman–Crippen MR) is 120 cm³/mol. The van der Waals surface area contributed by atoms with Crippen molar-refractivity contribution < 1.29 is 4.79 Å². The Labute approximate surface area is 176 Å². The monoisotopic (exact) mass is 405 g/mol. The highest BCUT2D eigenvalue weighted by Gasteiger charge is 2.25. The third-order valence-corrected chi connectivity index (χ3v) is 7.59. The first-order chi connectivity index (χ1) is 14.1. The number of carbonyl (C=O) groups excluding carboxylic acids is 1. The van der Waals surface area contributed by atoms with E-state index in [1.807, 2.05) is 11.0 Å². The van der Waals surface area contributed by atoms with Crippen LogP contribution in [0.2, 0.25) is 0 Å². The molecule has 0 bridgehead atoms. The van der Waals surface area contributed by atoms with Crippen molar-refractivity contribution in [2.45, 2.75) is 39.5 Å². The van der Waals surface area contributed by atoms with Crippen molar-refractivity contribution in [3.63, 3.8) is 0 Å². The number of benzene rings is 2. The Bertz CT molecular complexity index is 1080. The zero-order valence-corrected chi connectivity index (χ0v) is 18.0. The second-order valence-corrected chi connectivity index (χ2v) is 9.33. The van der Waals surface area contributed by atoms with Crippen LogP contribution in [0.4, 0.5) is 5.13 Å². The van der Waals surface area contributed by atoms with Gasteiger partial charge in [-0.15, -0.1) is 0 Å². The number of carbonyl (C=O) groups is 1. The summed E-state index contributed by atoms with van der Waals surface area (Å²) in [6.45, 7) is 7.48. The van der Waals surface area contributed by atoms with Gasteiger partial charge in [0.2, 0.25) is 0 Å². The molecular weight excluding hydrogens is 378 g/mol. The molecule has 5 heteroatoms. The molecule has 0 N–H and O–H groups in total. The Morgan fingerprint density at radius 3 is 2.52 bits per heavy atom. The molecule has 0 atom stereocenters. The van der Waals surface area contributed by atoms with Crippen LogP contribution in [-0.2, 0) is 12.8 Å². The Hall–Kier alpha value is -2.40. The molecule has 1 amide bonds. The van der Waals surface area contributed by atoms with Gasteiger partial charge < -0.3 is 9.80 Å². The number of thiazole rings is 1. The maximum absolute atomic E-state index is 13.0. The second kappa shape index (κ2) is 7.45. The van der Waals surface area contributed by atoms with E-state index >= 15 is 0 Å². The van der Waals surface area contributed by atoms with Gasteiger partial charge in [0.05, 0.1) is 10.2 Å². The molecule has 2 heterocycles. The van der Waals surface area contributed by atoms with E-state index in [9.17, 15) is 4.79 Å². The summed E-state index contributed by atoms with van der Waals surface area (Å²) < 4.78 is 1.25. The third kappa shape index (κ3) is 3.42. The first-order valence-corrected chi connectivity index (χ1v) is 11.4. The number of hydrogen-bond acceptors (Lipinski definition) is 4. The van der Waals surface area contributed by atoms with Crippen LogP contribution >= 0.6 is 11.3 Å². The van der Waals surface area contributed by atoms with Gasteiger partial charge in [-0.3, -0.25) is 4.79 Å². The van der Waals surface area contributed by atoms with Crippen molar-refractivity contribution in [1.29, 1.82) is 0 Å². The van der Waals surface area contributed by atoms with Crippen molar-refractivity contribution in [3.8, 4) is 0 Å². The largest absolute Gasteiger partial charge is 0.345 e. The van der Waals surface area contributed by atoms with E-state index in [2.05, 4.69) is 43.0 Å². The lowest BCUT2D eigenvalue weighted by atomic mass is 9.90. The lowest BCUT2D eigenvalue weighted by Gasteiger charge is -2.34. The first-order valence-electron chi connectivity index (χ1n) is 10.6. The van der Waals surface area contributed by atoms with Crippen molar-refractivity contribution in [2.24, 2.45) is 0 Å². The van der Waals surface area contributed by atoms with Crippen LogP contribution in [0.15, 0.2) is 30.3 Å². The Morgan fingerprint density at radius 1 is 0.966 bits per heavy atom. The maximum atomic E-state index is 13.0. The molecular formula is C24H27N3OS. The number of fused-ring (bicyclic) bond motifs is 2. The minimum Gasteiger partial charge on any atom is -0.345 e. The Kier molecular flexibility index (Phi) is 4.78. The summed E-state index contributed by atoms with van der Waals surface area (Å²) in [6, 6.07) is 10.7. The quantitative estimate of drug-likeness (QED) is 0.617. The van der Waals surface area contributed by atoms with Gasteiger partial charge in [-0.05, 0) is 80.0 Å². The van der Waals surface area contributed by atoms with E-state index in [4.69, 9.17) is 4.98 Å². The number of amides is 1. The molecule has 0 saturated carbocycles. The van der Waals surface area contributed by atoms with Gasteiger partial charge in [0.1, 0.15) is 0 Å². The molecule has 29 heavy (non-hydrogen) atoms. The fourth-order valence-corrected chi connectivity index (χ4v) is 5.58. The van der Waals surface area contributed by atoms with Crippen LogP contribution in [0, 0.1) is 13.8 Å². The topological polar surface area (TPSA) is 36.4 Å². The molecule has 1 aliphatic heterocycles. The van der Waals surface area contributed by atoms with Crippen LogP contribution in [-0.4, -0.2) is 42.0 Å². The zero-order chi connectivity index (χ0) is 20.0. The average molecular weight is 406 g/mol. The number of hydrogen-bond donors (Lipinski definition) is 0. The van der Waals surface area contributed by atoms with E-state index in [1.54, 1.807) is 11.3 Å². The van der Waals surface area contributed by atoms with Gasteiger partial charge in [-0.2, -0.15) is 0 Å². The van der Waals surface area contributed by atoms with Crippen LogP contribution in [0.25, 0.3) is 10.2 Å². The van der Waals surface area contributed by atoms with Gasteiger partial charge in [0.25, 0.3) is 5.91 Å². The number of rotatable bonds is 2. The summed E-state index contributed by atoms with van der Waals surface area (Å²) in [6.07, 6.45) is 4.78. The minimum absolute atomic E-state index is 0.175. The Morgan fingerprint density at radius 2 is 1.72 bits per heavy atom. The first kappa shape index (κ1) is 18.6. The van der Waals surface area contributed by atoms with E-state index in [0.29, 0.717) is 0 Å². The van der Waals surface area contributed by atoms with Crippen molar-refractivity contribution in [1.82, 2.24) is 9.88 Å². The number of anilines is 1. The summed E-state index contributed by atoms with van der Waals surface area (Å²) in [4.78, 5) is 22.3. The van der Waals surface area contributed by atoms with Gasteiger partial charge in [-0.25, -0.2) is 4.98 Å². The van der Waals surface area contributed by atoms with Crippen molar-refractivity contribution in [2.75, 3.05) is 31.1 Å². The fraction of sp³-hybridized carbons (Fsp3) is 0.417. The average Bonchev–Trinajstić information content (AvgIpc) is 3.21. The molecule has 1 aliphatic carbocycles. The molecule has 0 unspecified atom stereocenters. The summed E-state index contributed by atoms with van der Waals surface area (Å²) in [5, 5.41) is 1.08. The molecule has 2 aromatic carbocycles. The maximum Gasteiger partial charge on any atom is 0.253 e. The molecule has 3 aromatic rings. The normalized spacial score (nSPS) is 16.9. The molecule has 1 fully saturated rings. The van der Waals surface area contributed by atoms with Crippen LogP contribution < -0.4 is 4.90 Å². The molecule has 1 saturated heterocycles. The highest BCUT2D eigenvalue weighted by molar-refractivity contribution is 7.22. The fourth-order valence-electron chi connectivity index (χ4n) is 4.50. The van der Waals surface area contributed by atoms with Gasteiger partial charge >= 0.3 is 0 Å². The zero-order valence-electron chi connectivity index (χ0n) is 17.2. The summed E-state index contributed by atoms with van der Waals surface area (Å²) in [5.41, 5.74) is 7.34. The summed E-state index contributed by atoms with van der Waals surface area (Å²) in [7, 11) is 0. The van der Waals surface area contributed by atoms with Crippen LogP contribution in [0.1, 0.15) is 45.5 Å². The van der Waals surface area contributed by atoms with Gasteiger partial charge in [-0.1, -0.05) is 23.5 Å². The van der Waals surface area contributed by atoms with E-state index in [1.165, 1.54) is 39.8 Å². The molecule has 150 valence electrons. The molecule has 1 aromatic heterocycles. The van der Waals surface area contributed by atoms with E-state index in [0.717, 1.165) is 55.2 Å². The highest BCUT2D eigenvalue weighted by Crippen LogP contribution is 2.32. The molecule has 0 radical (unpaired) electrons. The Balaban J connectivity index is 1.29. The lowest BCUT2D eigenvalue weighted by molar-refractivity contribution is 0.0746. The number of aryl methyl sites for hydroxylation is 4. The number of nitrogens with zero attached hydrogens (tertiary/aromatic N) is 3. The standard InChI is InChI=1S/C24H27N3OS/c1-16-7-10-21-22(17(16)2)25-24(29-21)27-13-11-26(12-14-27)23(28)20-9-8-18-5-3-4-6-19(18)15-20/h7-10,15H,3-6,11-14H2,1-2H3. The molecule has 4 nitrogen and oxygen atoms in total. The summed E-state index contributed by atoms with van der Waals surface area (Å²) in [5.74, 6) is 0.175. The minimum atomic E-state index is 0.175. The second-order valence-electron chi connectivity index (χ2n) is 8.32. The van der Waals surface area contributed by atoms with Crippen molar-refractivity contribution in [3.05, 3.63) is 58.1 Å². The van der Waals surface area contributed by atoms with Crippen LogP contribution in [0.3, 0.4) is 0 Å². The number of aromatic nitrogens is 1.